The highest BCUT2D eigenvalue weighted by Gasteiger charge is 2.30. The van der Waals surface area contributed by atoms with Crippen molar-refractivity contribution < 1.29 is 9.53 Å². The van der Waals surface area contributed by atoms with Crippen LogP contribution in [-0.2, 0) is 4.79 Å². The van der Waals surface area contributed by atoms with Gasteiger partial charge in [-0.15, -0.1) is 0 Å². The minimum atomic E-state index is -0.194. The second-order valence-corrected chi connectivity index (χ2v) is 5.04. The molecule has 114 valence electrons. The zero-order chi connectivity index (χ0) is 15.7. The van der Waals surface area contributed by atoms with Crippen molar-refractivity contribution in [2.75, 3.05) is 23.4 Å². The van der Waals surface area contributed by atoms with Crippen molar-refractivity contribution in [2.24, 2.45) is 0 Å². The SMILES string of the molecule is CCOc1ccc([C@H]2CC(=O)Nc3nc(N)nc(N)c32)cc1. The highest BCUT2D eigenvalue weighted by atomic mass is 16.5. The van der Waals surface area contributed by atoms with E-state index in [9.17, 15) is 4.79 Å². The molecular formula is C15H17N5O2. The summed E-state index contributed by atoms with van der Waals surface area (Å²) >= 11 is 0. The van der Waals surface area contributed by atoms with Gasteiger partial charge in [0.25, 0.3) is 0 Å². The van der Waals surface area contributed by atoms with Crippen molar-refractivity contribution in [3.63, 3.8) is 0 Å². The average Bonchev–Trinajstić information content (AvgIpc) is 2.46. The van der Waals surface area contributed by atoms with Gasteiger partial charge in [0.2, 0.25) is 11.9 Å². The lowest BCUT2D eigenvalue weighted by atomic mass is 9.86. The minimum absolute atomic E-state index is 0.0453. The topological polar surface area (TPSA) is 116 Å². The molecule has 1 aromatic carbocycles. The Balaban J connectivity index is 2.03. The molecule has 1 aromatic heterocycles. The number of anilines is 3. The molecule has 0 radical (unpaired) electrons. The molecule has 1 amide bonds. The van der Waals surface area contributed by atoms with Crippen LogP contribution in [0.25, 0.3) is 0 Å². The third-order valence-corrected chi connectivity index (χ3v) is 3.58. The summed E-state index contributed by atoms with van der Waals surface area (Å²) in [7, 11) is 0. The molecule has 3 rings (SSSR count). The Kier molecular flexibility index (Phi) is 3.54. The monoisotopic (exact) mass is 299 g/mol. The third-order valence-electron chi connectivity index (χ3n) is 3.58. The van der Waals surface area contributed by atoms with Crippen molar-refractivity contribution in [3.05, 3.63) is 35.4 Å². The van der Waals surface area contributed by atoms with Crippen molar-refractivity contribution in [1.29, 1.82) is 0 Å². The number of carbonyl (C=O) groups excluding carboxylic acids is 1. The van der Waals surface area contributed by atoms with E-state index in [2.05, 4.69) is 15.3 Å². The van der Waals surface area contributed by atoms with Gasteiger partial charge in [-0.3, -0.25) is 4.79 Å². The fraction of sp³-hybridized carbons (Fsp3) is 0.267. The number of rotatable bonds is 3. The Morgan fingerprint density at radius 1 is 1.27 bits per heavy atom. The number of hydrogen-bond acceptors (Lipinski definition) is 6. The number of fused-ring (bicyclic) bond motifs is 1. The van der Waals surface area contributed by atoms with Gasteiger partial charge >= 0.3 is 0 Å². The molecule has 0 spiro atoms. The van der Waals surface area contributed by atoms with Crippen LogP contribution in [0.4, 0.5) is 17.6 Å². The summed E-state index contributed by atoms with van der Waals surface area (Å²) in [6.07, 6.45) is 0.290. The van der Waals surface area contributed by atoms with Gasteiger partial charge in [0, 0.05) is 17.9 Å². The predicted molar refractivity (Wildman–Crippen MR) is 83.6 cm³/mol. The van der Waals surface area contributed by atoms with Gasteiger partial charge in [-0.2, -0.15) is 9.97 Å². The number of amides is 1. The Morgan fingerprint density at radius 2 is 2.00 bits per heavy atom. The molecule has 0 saturated heterocycles. The van der Waals surface area contributed by atoms with Gasteiger partial charge < -0.3 is 21.5 Å². The maximum atomic E-state index is 11.9. The second kappa shape index (κ2) is 5.51. The molecule has 1 aliphatic heterocycles. The van der Waals surface area contributed by atoms with Crippen LogP contribution in [0.15, 0.2) is 24.3 Å². The minimum Gasteiger partial charge on any atom is -0.494 e. The Hall–Kier alpha value is -2.83. The molecule has 0 saturated carbocycles. The lowest BCUT2D eigenvalue weighted by Crippen LogP contribution is -2.26. The number of aromatic nitrogens is 2. The Bertz CT molecular complexity index is 715. The number of nitrogen functional groups attached to an aromatic ring is 2. The first-order valence-corrected chi connectivity index (χ1v) is 7.04. The second-order valence-electron chi connectivity index (χ2n) is 5.04. The highest BCUT2D eigenvalue weighted by Crippen LogP contribution is 2.39. The first-order valence-electron chi connectivity index (χ1n) is 7.04. The fourth-order valence-electron chi connectivity index (χ4n) is 2.66. The van der Waals surface area contributed by atoms with Crippen LogP contribution in [0, 0.1) is 0 Å². The number of hydrogen-bond donors (Lipinski definition) is 3. The van der Waals surface area contributed by atoms with E-state index in [-0.39, 0.29) is 17.8 Å². The number of nitrogens with two attached hydrogens (primary N) is 2. The van der Waals surface area contributed by atoms with Crippen molar-refractivity contribution >= 4 is 23.5 Å². The van der Waals surface area contributed by atoms with Crippen LogP contribution in [0.2, 0.25) is 0 Å². The number of ether oxygens (including phenoxy) is 1. The number of benzene rings is 1. The van der Waals surface area contributed by atoms with Crippen molar-refractivity contribution in [3.8, 4) is 5.75 Å². The third kappa shape index (κ3) is 2.52. The average molecular weight is 299 g/mol. The lowest BCUT2D eigenvalue weighted by molar-refractivity contribution is -0.116. The molecule has 0 fully saturated rings. The Labute approximate surface area is 127 Å². The standard InChI is InChI=1S/C15H17N5O2/c1-2-22-9-5-3-8(4-6-9)10-7-11(21)18-14-12(10)13(16)19-15(17)20-14/h3-6,10H,2,7H2,1H3,(H5,16,17,18,19,20,21)/t10-/m1/s1. The summed E-state index contributed by atoms with van der Waals surface area (Å²) in [6.45, 7) is 2.53. The van der Waals surface area contributed by atoms with Crippen LogP contribution < -0.4 is 21.5 Å². The number of carbonyl (C=O) groups is 1. The molecule has 22 heavy (non-hydrogen) atoms. The van der Waals surface area contributed by atoms with E-state index >= 15 is 0 Å². The summed E-state index contributed by atoms with van der Waals surface area (Å²) < 4.78 is 5.43. The fourth-order valence-corrected chi connectivity index (χ4v) is 2.66. The van der Waals surface area contributed by atoms with Gasteiger partial charge in [-0.05, 0) is 24.6 Å². The maximum absolute atomic E-state index is 11.9. The van der Waals surface area contributed by atoms with Crippen LogP contribution in [0.1, 0.15) is 30.4 Å². The first-order chi connectivity index (χ1) is 10.6. The van der Waals surface area contributed by atoms with E-state index in [0.717, 1.165) is 11.3 Å². The predicted octanol–water partition coefficient (Wildman–Crippen LogP) is 1.51. The van der Waals surface area contributed by atoms with E-state index in [1.165, 1.54) is 0 Å². The number of nitrogens with one attached hydrogen (secondary N) is 1. The molecule has 5 N–H and O–H groups in total. The molecule has 7 heteroatoms. The zero-order valence-electron chi connectivity index (χ0n) is 12.2. The first kappa shape index (κ1) is 14.1. The van der Waals surface area contributed by atoms with Crippen LogP contribution >= 0.6 is 0 Å². The zero-order valence-corrected chi connectivity index (χ0v) is 12.2. The molecule has 0 bridgehead atoms. The summed E-state index contributed by atoms with van der Waals surface area (Å²) in [5.41, 5.74) is 13.2. The van der Waals surface area contributed by atoms with E-state index in [1.807, 2.05) is 31.2 Å². The van der Waals surface area contributed by atoms with Gasteiger partial charge in [0.05, 0.1) is 6.61 Å². The van der Waals surface area contributed by atoms with Crippen LogP contribution in [0.5, 0.6) is 5.75 Å². The van der Waals surface area contributed by atoms with Gasteiger partial charge in [0.15, 0.2) is 0 Å². The van der Waals surface area contributed by atoms with Gasteiger partial charge in [-0.25, -0.2) is 0 Å². The normalized spacial score (nSPS) is 16.8. The molecule has 0 aliphatic carbocycles. The van der Waals surface area contributed by atoms with E-state index in [4.69, 9.17) is 16.2 Å². The molecular weight excluding hydrogens is 282 g/mol. The summed E-state index contributed by atoms with van der Waals surface area (Å²) in [6, 6.07) is 7.60. The largest absolute Gasteiger partial charge is 0.494 e. The van der Waals surface area contributed by atoms with Crippen molar-refractivity contribution in [2.45, 2.75) is 19.3 Å². The summed E-state index contributed by atoms with van der Waals surface area (Å²) in [5, 5.41) is 2.70. The van der Waals surface area contributed by atoms with Gasteiger partial charge in [-0.1, -0.05) is 12.1 Å². The smallest absolute Gasteiger partial charge is 0.226 e. The van der Waals surface area contributed by atoms with E-state index in [1.54, 1.807) is 0 Å². The maximum Gasteiger partial charge on any atom is 0.226 e. The molecule has 7 nitrogen and oxygen atoms in total. The lowest BCUT2D eigenvalue weighted by Gasteiger charge is -2.26. The quantitative estimate of drug-likeness (QED) is 0.791. The van der Waals surface area contributed by atoms with E-state index in [0.29, 0.717) is 30.2 Å². The van der Waals surface area contributed by atoms with Crippen molar-refractivity contribution in [1.82, 2.24) is 9.97 Å². The summed E-state index contributed by atoms with van der Waals surface area (Å²) in [4.78, 5) is 20.0. The van der Waals surface area contributed by atoms with Crippen LogP contribution in [-0.4, -0.2) is 22.5 Å². The Morgan fingerprint density at radius 3 is 2.68 bits per heavy atom. The molecule has 2 heterocycles. The molecule has 1 aliphatic rings. The highest BCUT2D eigenvalue weighted by molar-refractivity contribution is 5.95. The molecule has 1 atom stereocenters. The van der Waals surface area contributed by atoms with Gasteiger partial charge in [0.1, 0.15) is 17.4 Å². The molecule has 2 aromatic rings. The summed E-state index contributed by atoms with van der Waals surface area (Å²) in [5.74, 6) is 1.20. The number of nitrogens with zero attached hydrogens (tertiary/aromatic N) is 2. The molecule has 0 unspecified atom stereocenters. The van der Waals surface area contributed by atoms with E-state index < -0.39 is 0 Å². The van der Waals surface area contributed by atoms with Crippen LogP contribution in [0.3, 0.4) is 0 Å².